The van der Waals surface area contributed by atoms with E-state index in [1.807, 2.05) is 11.5 Å². The van der Waals surface area contributed by atoms with Crippen LogP contribution in [0.15, 0.2) is 29.1 Å². The molecule has 0 saturated carbocycles. The second-order valence-corrected chi connectivity index (χ2v) is 9.47. The van der Waals surface area contributed by atoms with Gasteiger partial charge in [-0.05, 0) is 62.4 Å². The van der Waals surface area contributed by atoms with E-state index in [1.165, 1.54) is 23.3 Å². The average Bonchev–Trinajstić information content (AvgIpc) is 3.27. The predicted octanol–water partition coefficient (Wildman–Crippen LogP) is 4.84. The fraction of sp³-hybridized carbons (Fsp3) is 0.478. The molecule has 0 spiro atoms. The van der Waals surface area contributed by atoms with Gasteiger partial charge in [-0.1, -0.05) is 38.1 Å². The first-order valence-electron chi connectivity index (χ1n) is 10.2. The fourth-order valence-electron chi connectivity index (χ4n) is 3.98. The molecule has 0 aliphatic carbocycles. The maximum absolute atomic E-state index is 13.4. The minimum absolute atomic E-state index is 0.106. The summed E-state index contributed by atoms with van der Waals surface area (Å²) in [4.78, 5) is 22.9. The van der Waals surface area contributed by atoms with Crippen molar-refractivity contribution in [3.05, 3.63) is 62.0 Å². The van der Waals surface area contributed by atoms with Crippen molar-refractivity contribution in [2.24, 2.45) is 0 Å². The van der Waals surface area contributed by atoms with Gasteiger partial charge in [0.05, 0.1) is 18.5 Å². The molecule has 0 atom stereocenters. The third-order valence-corrected chi connectivity index (χ3v) is 7.02. The first-order valence-corrected chi connectivity index (χ1v) is 11.1. The molecule has 5 heteroatoms. The Morgan fingerprint density at radius 2 is 1.75 bits per heavy atom. The first kappa shape index (κ1) is 19.3. The van der Waals surface area contributed by atoms with Crippen LogP contribution in [0.4, 0.5) is 0 Å². The number of hydrogen-bond acceptors (Lipinski definition) is 4. The van der Waals surface area contributed by atoms with E-state index in [9.17, 15) is 4.79 Å². The molecular formula is C23H29N3OS. The molecule has 0 unspecified atom stereocenters. The molecule has 1 aromatic carbocycles. The molecule has 1 saturated heterocycles. The minimum Gasteiger partial charge on any atom is -0.296 e. The maximum Gasteiger partial charge on any atom is 0.262 e. The molecule has 148 valence electrons. The van der Waals surface area contributed by atoms with E-state index in [4.69, 9.17) is 4.98 Å². The van der Waals surface area contributed by atoms with Gasteiger partial charge in [0.25, 0.3) is 5.56 Å². The van der Waals surface area contributed by atoms with E-state index in [0.717, 1.165) is 46.8 Å². The monoisotopic (exact) mass is 395 g/mol. The van der Waals surface area contributed by atoms with E-state index in [-0.39, 0.29) is 5.56 Å². The SMILES string of the molecule is Cc1sc2nc(CN3CCCC3)n(Cc3ccc(C(C)C)cc3)c(=O)c2c1C. The molecule has 3 aromatic rings. The summed E-state index contributed by atoms with van der Waals surface area (Å²) >= 11 is 1.64. The Hall–Kier alpha value is -1.98. The van der Waals surface area contributed by atoms with Crippen LogP contribution >= 0.6 is 11.3 Å². The van der Waals surface area contributed by atoms with Crippen LogP contribution < -0.4 is 5.56 Å². The molecule has 3 heterocycles. The number of rotatable bonds is 5. The van der Waals surface area contributed by atoms with Crippen LogP contribution in [0.1, 0.15) is 60.0 Å². The number of nitrogens with zero attached hydrogens (tertiary/aromatic N) is 3. The van der Waals surface area contributed by atoms with Gasteiger partial charge in [0.2, 0.25) is 0 Å². The van der Waals surface area contributed by atoms with Crippen molar-refractivity contribution in [3.63, 3.8) is 0 Å². The lowest BCUT2D eigenvalue weighted by molar-refractivity contribution is 0.315. The summed E-state index contributed by atoms with van der Waals surface area (Å²) in [5, 5.41) is 0.798. The second-order valence-electron chi connectivity index (χ2n) is 8.26. The zero-order valence-corrected chi connectivity index (χ0v) is 18.1. The van der Waals surface area contributed by atoms with Gasteiger partial charge in [-0.2, -0.15) is 0 Å². The molecule has 0 amide bonds. The minimum atomic E-state index is 0.106. The molecule has 2 aromatic heterocycles. The number of fused-ring (bicyclic) bond motifs is 1. The molecule has 0 N–H and O–H groups in total. The Labute approximate surface area is 170 Å². The van der Waals surface area contributed by atoms with Crippen molar-refractivity contribution >= 4 is 21.6 Å². The number of thiophene rings is 1. The molecule has 0 radical (unpaired) electrons. The number of hydrogen-bond donors (Lipinski definition) is 0. The van der Waals surface area contributed by atoms with Crippen LogP contribution in [-0.2, 0) is 13.1 Å². The summed E-state index contributed by atoms with van der Waals surface area (Å²) < 4.78 is 1.91. The third kappa shape index (κ3) is 3.65. The van der Waals surface area contributed by atoms with E-state index in [1.54, 1.807) is 11.3 Å². The van der Waals surface area contributed by atoms with Crippen LogP contribution in [0.25, 0.3) is 10.2 Å². The van der Waals surface area contributed by atoms with Gasteiger partial charge in [0.15, 0.2) is 0 Å². The van der Waals surface area contributed by atoms with Crippen molar-refractivity contribution in [3.8, 4) is 0 Å². The van der Waals surface area contributed by atoms with Crippen molar-refractivity contribution in [1.82, 2.24) is 14.5 Å². The van der Waals surface area contributed by atoms with E-state index < -0.39 is 0 Å². The summed E-state index contributed by atoms with van der Waals surface area (Å²) in [7, 11) is 0. The number of aryl methyl sites for hydroxylation is 2. The summed E-state index contributed by atoms with van der Waals surface area (Å²) in [5.41, 5.74) is 3.66. The zero-order valence-electron chi connectivity index (χ0n) is 17.3. The summed E-state index contributed by atoms with van der Waals surface area (Å²) in [5.74, 6) is 1.41. The smallest absolute Gasteiger partial charge is 0.262 e. The van der Waals surface area contributed by atoms with Crippen LogP contribution in [0.3, 0.4) is 0 Å². The largest absolute Gasteiger partial charge is 0.296 e. The van der Waals surface area contributed by atoms with Crippen molar-refractivity contribution in [2.75, 3.05) is 13.1 Å². The molecule has 1 aliphatic rings. The maximum atomic E-state index is 13.4. The second kappa shape index (κ2) is 7.80. The number of aromatic nitrogens is 2. The molecule has 4 nitrogen and oxygen atoms in total. The van der Waals surface area contributed by atoms with Gasteiger partial charge in [-0.3, -0.25) is 14.3 Å². The topological polar surface area (TPSA) is 38.1 Å². The zero-order chi connectivity index (χ0) is 19.8. The summed E-state index contributed by atoms with van der Waals surface area (Å²) in [6.45, 7) is 12.1. The van der Waals surface area contributed by atoms with Gasteiger partial charge in [-0.25, -0.2) is 4.98 Å². The van der Waals surface area contributed by atoms with Crippen molar-refractivity contribution in [2.45, 2.75) is 59.5 Å². The lowest BCUT2D eigenvalue weighted by Gasteiger charge is -2.18. The Morgan fingerprint density at radius 1 is 1.07 bits per heavy atom. The van der Waals surface area contributed by atoms with Crippen molar-refractivity contribution < 1.29 is 0 Å². The Kier molecular flexibility index (Phi) is 5.39. The standard InChI is InChI=1S/C23H29N3OS/c1-15(2)19-9-7-18(8-10-19)13-26-20(14-25-11-5-6-12-25)24-22-21(23(26)27)16(3)17(4)28-22/h7-10,15H,5-6,11-14H2,1-4H3. The van der Waals surface area contributed by atoms with Gasteiger partial charge in [0, 0.05) is 4.88 Å². The molecule has 1 fully saturated rings. The van der Waals surface area contributed by atoms with Crippen LogP contribution in [-0.4, -0.2) is 27.5 Å². The summed E-state index contributed by atoms with van der Waals surface area (Å²) in [6, 6.07) is 8.66. The highest BCUT2D eigenvalue weighted by atomic mass is 32.1. The predicted molar refractivity (Wildman–Crippen MR) is 117 cm³/mol. The normalized spacial score (nSPS) is 15.2. The van der Waals surface area contributed by atoms with Gasteiger partial charge >= 0.3 is 0 Å². The first-order chi connectivity index (χ1) is 13.4. The number of likely N-dealkylation sites (tertiary alicyclic amines) is 1. The average molecular weight is 396 g/mol. The lowest BCUT2D eigenvalue weighted by atomic mass is 10.0. The Bertz CT molecular complexity index is 1040. The van der Waals surface area contributed by atoms with E-state index >= 15 is 0 Å². The van der Waals surface area contributed by atoms with E-state index in [0.29, 0.717) is 12.5 Å². The highest BCUT2D eigenvalue weighted by Crippen LogP contribution is 2.27. The lowest BCUT2D eigenvalue weighted by Crippen LogP contribution is -2.30. The van der Waals surface area contributed by atoms with Gasteiger partial charge < -0.3 is 0 Å². The summed E-state index contributed by atoms with van der Waals surface area (Å²) in [6.07, 6.45) is 2.47. The molecule has 0 bridgehead atoms. The van der Waals surface area contributed by atoms with Crippen LogP contribution in [0.5, 0.6) is 0 Å². The highest BCUT2D eigenvalue weighted by molar-refractivity contribution is 7.18. The molecule has 28 heavy (non-hydrogen) atoms. The van der Waals surface area contributed by atoms with Crippen LogP contribution in [0, 0.1) is 13.8 Å². The van der Waals surface area contributed by atoms with Gasteiger partial charge in [0.1, 0.15) is 10.7 Å². The highest BCUT2D eigenvalue weighted by Gasteiger charge is 2.20. The third-order valence-electron chi connectivity index (χ3n) is 5.92. The van der Waals surface area contributed by atoms with Gasteiger partial charge in [-0.15, -0.1) is 11.3 Å². The molecular weight excluding hydrogens is 366 g/mol. The fourth-order valence-corrected chi connectivity index (χ4v) is 5.02. The van der Waals surface area contributed by atoms with Crippen LogP contribution in [0.2, 0.25) is 0 Å². The molecule has 4 rings (SSSR count). The Morgan fingerprint density at radius 3 is 2.39 bits per heavy atom. The van der Waals surface area contributed by atoms with E-state index in [2.05, 4.69) is 49.9 Å². The molecule has 1 aliphatic heterocycles. The quantitative estimate of drug-likeness (QED) is 0.620. The Balaban J connectivity index is 1.78. The number of benzene rings is 1. The van der Waals surface area contributed by atoms with Crippen molar-refractivity contribution in [1.29, 1.82) is 0 Å².